The first kappa shape index (κ1) is 19.2. The molecule has 3 aromatic rings. The summed E-state index contributed by atoms with van der Waals surface area (Å²) in [6.45, 7) is 2.35. The summed E-state index contributed by atoms with van der Waals surface area (Å²) in [4.78, 5) is 0. The van der Waals surface area contributed by atoms with Gasteiger partial charge in [-0.3, -0.25) is 0 Å². The SMILES string of the molecule is CCSc1nnc(SCC(O)COc2ccc(-c3ccccc3)cc2)s1. The molecule has 3 rings (SSSR count). The molecule has 26 heavy (non-hydrogen) atoms. The summed E-state index contributed by atoms with van der Waals surface area (Å²) in [5.41, 5.74) is 2.32. The van der Waals surface area contributed by atoms with Crippen molar-refractivity contribution in [3.8, 4) is 16.9 Å². The maximum absolute atomic E-state index is 10.1. The quantitative estimate of drug-likeness (QED) is 0.515. The van der Waals surface area contributed by atoms with Crippen LogP contribution in [0.4, 0.5) is 0 Å². The van der Waals surface area contributed by atoms with Crippen molar-refractivity contribution in [1.82, 2.24) is 10.2 Å². The highest BCUT2D eigenvalue weighted by molar-refractivity contribution is 8.03. The minimum Gasteiger partial charge on any atom is -0.491 e. The van der Waals surface area contributed by atoms with Crippen molar-refractivity contribution in [2.24, 2.45) is 0 Å². The third kappa shape index (κ3) is 5.74. The highest BCUT2D eigenvalue weighted by atomic mass is 32.2. The molecule has 0 spiro atoms. The lowest BCUT2D eigenvalue weighted by Gasteiger charge is -2.11. The molecule has 0 saturated heterocycles. The maximum atomic E-state index is 10.1. The average molecular weight is 405 g/mol. The third-order valence-corrected chi connectivity index (χ3v) is 6.68. The minimum absolute atomic E-state index is 0.257. The second kappa shape index (κ2) is 9.97. The lowest BCUT2D eigenvalue weighted by atomic mass is 10.1. The summed E-state index contributed by atoms with van der Waals surface area (Å²) in [6.07, 6.45) is -0.556. The Morgan fingerprint density at radius 1 is 0.962 bits per heavy atom. The van der Waals surface area contributed by atoms with Gasteiger partial charge in [-0.05, 0) is 29.0 Å². The van der Waals surface area contributed by atoms with Gasteiger partial charge in [-0.15, -0.1) is 10.2 Å². The van der Waals surface area contributed by atoms with E-state index in [9.17, 15) is 5.11 Å². The van der Waals surface area contributed by atoms with Crippen LogP contribution in [0.25, 0.3) is 11.1 Å². The third-order valence-electron chi connectivity index (χ3n) is 3.46. The van der Waals surface area contributed by atoms with E-state index in [-0.39, 0.29) is 6.61 Å². The molecular formula is C19H20N2O2S3. The van der Waals surface area contributed by atoms with Gasteiger partial charge in [0.25, 0.3) is 0 Å². The molecule has 7 heteroatoms. The zero-order chi connectivity index (χ0) is 18.2. The standard InChI is InChI=1S/C19H20N2O2S3/c1-2-24-18-20-21-19(26-18)25-13-16(22)12-23-17-10-8-15(9-11-17)14-6-4-3-5-7-14/h3-11,16,22H,2,12-13H2,1H3. The molecule has 1 unspecified atom stereocenters. The van der Waals surface area contributed by atoms with Gasteiger partial charge in [-0.25, -0.2) is 0 Å². The lowest BCUT2D eigenvalue weighted by molar-refractivity contribution is 0.126. The van der Waals surface area contributed by atoms with E-state index in [2.05, 4.69) is 29.3 Å². The molecule has 1 heterocycles. The summed E-state index contributed by atoms with van der Waals surface area (Å²) in [6, 6.07) is 18.1. The van der Waals surface area contributed by atoms with Gasteiger partial charge in [0.2, 0.25) is 0 Å². The number of nitrogens with zero attached hydrogens (tertiary/aromatic N) is 2. The Balaban J connectivity index is 1.44. The van der Waals surface area contributed by atoms with Gasteiger partial charge >= 0.3 is 0 Å². The van der Waals surface area contributed by atoms with Crippen molar-refractivity contribution in [3.05, 3.63) is 54.6 Å². The van der Waals surface area contributed by atoms with E-state index in [4.69, 9.17) is 4.74 Å². The fourth-order valence-corrected chi connectivity index (χ4v) is 5.07. The molecule has 136 valence electrons. The maximum Gasteiger partial charge on any atom is 0.175 e. The van der Waals surface area contributed by atoms with Crippen LogP contribution < -0.4 is 4.74 Å². The van der Waals surface area contributed by atoms with Gasteiger partial charge in [0.05, 0.1) is 6.10 Å². The lowest BCUT2D eigenvalue weighted by Crippen LogP contribution is -2.20. The molecule has 2 aromatic carbocycles. The van der Waals surface area contributed by atoms with Crippen LogP contribution in [0.2, 0.25) is 0 Å². The predicted octanol–water partition coefficient (Wildman–Crippen LogP) is 4.85. The summed E-state index contributed by atoms with van der Waals surface area (Å²) >= 11 is 4.76. The number of hydrogen-bond donors (Lipinski definition) is 1. The molecule has 0 bridgehead atoms. The summed E-state index contributed by atoms with van der Waals surface area (Å²) in [5.74, 6) is 2.28. The average Bonchev–Trinajstić information content (AvgIpc) is 3.14. The first-order chi connectivity index (χ1) is 12.7. The minimum atomic E-state index is -0.556. The van der Waals surface area contributed by atoms with Crippen LogP contribution in [-0.4, -0.2) is 39.5 Å². The van der Waals surface area contributed by atoms with Crippen molar-refractivity contribution in [2.45, 2.75) is 21.7 Å². The van der Waals surface area contributed by atoms with Gasteiger partial charge in [0, 0.05) is 5.75 Å². The number of ether oxygens (including phenoxy) is 1. The molecule has 0 aliphatic carbocycles. The summed E-state index contributed by atoms with van der Waals surface area (Å²) < 4.78 is 7.54. The van der Waals surface area contributed by atoms with Gasteiger partial charge in [-0.2, -0.15) is 0 Å². The number of aliphatic hydroxyl groups excluding tert-OH is 1. The highest BCUT2D eigenvalue weighted by Gasteiger charge is 2.10. The van der Waals surface area contributed by atoms with E-state index in [0.29, 0.717) is 5.75 Å². The first-order valence-electron chi connectivity index (χ1n) is 8.30. The largest absolute Gasteiger partial charge is 0.491 e. The Labute approximate surface area is 166 Å². The van der Waals surface area contributed by atoms with Crippen molar-refractivity contribution < 1.29 is 9.84 Å². The second-order valence-corrected chi connectivity index (χ2v) is 9.19. The van der Waals surface area contributed by atoms with E-state index < -0.39 is 6.10 Å². The van der Waals surface area contributed by atoms with Crippen LogP contribution in [0.15, 0.2) is 63.3 Å². The molecule has 0 aliphatic rings. The molecule has 0 radical (unpaired) electrons. The molecule has 1 atom stereocenters. The Kier molecular flexibility index (Phi) is 7.37. The van der Waals surface area contributed by atoms with E-state index in [1.54, 1.807) is 23.1 Å². The van der Waals surface area contributed by atoms with Crippen LogP contribution in [0.3, 0.4) is 0 Å². The Morgan fingerprint density at radius 3 is 2.31 bits per heavy atom. The molecule has 4 nitrogen and oxygen atoms in total. The Bertz CT molecular complexity index is 794. The van der Waals surface area contributed by atoms with Crippen LogP contribution in [-0.2, 0) is 0 Å². The van der Waals surface area contributed by atoms with E-state index in [1.807, 2.05) is 42.5 Å². The highest BCUT2D eigenvalue weighted by Crippen LogP contribution is 2.29. The van der Waals surface area contributed by atoms with Crippen LogP contribution in [0.5, 0.6) is 5.75 Å². The Morgan fingerprint density at radius 2 is 1.62 bits per heavy atom. The smallest absolute Gasteiger partial charge is 0.175 e. The number of aliphatic hydroxyl groups is 1. The number of rotatable bonds is 9. The molecule has 1 aromatic heterocycles. The fraction of sp³-hybridized carbons (Fsp3) is 0.263. The molecule has 0 fully saturated rings. The van der Waals surface area contributed by atoms with Crippen molar-refractivity contribution in [1.29, 1.82) is 0 Å². The van der Waals surface area contributed by atoms with Gasteiger partial charge < -0.3 is 9.84 Å². The van der Waals surface area contributed by atoms with Gasteiger partial charge in [-0.1, -0.05) is 84.2 Å². The fourth-order valence-electron chi connectivity index (χ4n) is 2.22. The molecule has 1 N–H and O–H groups in total. The molecule has 0 saturated carbocycles. The number of aromatic nitrogens is 2. The first-order valence-corrected chi connectivity index (χ1v) is 11.1. The van der Waals surface area contributed by atoms with Gasteiger partial charge in [0.1, 0.15) is 12.4 Å². The van der Waals surface area contributed by atoms with Gasteiger partial charge in [0.15, 0.2) is 8.68 Å². The molecule has 0 aliphatic heterocycles. The van der Waals surface area contributed by atoms with Crippen LogP contribution in [0, 0.1) is 0 Å². The van der Waals surface area contributed by atoms with E-state index >= 15 is 0 Å². The topological polar surface area (TPSA) is 55.2 Å². The van der Waals surface area contributed by atoms with Crippen molar-refractivity contribution >= 4 is 34.9 Å². The normalized spacial score (nSPS) is 12.1. The predicted molar refractivity (Wildman–Crippen MR) is 110 cm³/mol. The zero-order valence-corrected chi connectivity index (χ0v) is 16.8. The summed E-state index contributed by atoms with van der Waals surface area (Å²) in [7, 11) is 0. The van der Waals surface area contributed by atoms with Crippen LogP contribution >= 0.6 is 34.9 Å². The molecule has 0 amide bonds. The van der Waals surface area contributed by atoms with E-state index in [0.717, 1.165) is 25.7 Å². The number of thioether (sulfide) groups is 2. The summed E-state index contributed by atoms with van der Waals surface area (Å²) in [5, 5.41) is 18.4. The van der Waals surface area contributed by atoms with Crippen molar-refractivity contribution in [2.75, 3.05) is 18.1 Å². The van der Waals surface area contributed by atoms with Crippen LogP contribution in [0.1, 0.15) is 6.92 Å². The number of benzene rings is 2. The second-order valence-electron chi connectivity index (χ2n) is 5.43. The monoisotopic (exact) mass is 404 g/mol. The molecular weight excluding hydrogens is 384 g/mol. The Hall–Kier alpha value is -1.54. The number of hydrogen-bond acceptors (Lipinski definition) is 7. The van der Waals surface area contributed by atoms with E-state index in [1.165, 1.54) is 17.3 Å². The zero-order valence-electron chi connectivity index (χ0n) is 14.4. The van der Waals surface area contributed by atoms with Crippen molar-refractivity contribution in [3.63, 3.8) is 0 Å².